The number of nitrogens with one attached hydrogen (secondary N) is 2. The number of rotatable bonds is 11. The first kappa shape index (κ1) is 16.8. The molecule has 0 aliphatic heterocycles. The maximum absolute atomic E-state index is 11.5. The zero-order valence-electron chi connectivity index (χ0n) is 11.2. The third kappa shape index (κ3) is 12.1. The normalized spacial score (nSPS) is 12.2. The van der Waals surface area contributed by atoms with E-state index in [4.69, 9.17) is 4.74 Å². The summed E-state index contributed by atoms with van der Waals surface area (Å²) in [4.78, 5) is 0. The average Bonchev–Trinajstić information content (AvgIpc) is 2.24. The fourth-order valence-corrected chi connectivity index (χ4v) is 2.40. The second-order valence-corrected chi connectivity index (χ2v) is 6.15. The largest absolute Gasteiger partial charge is 0.382 e. The van der Waals surface area contributed by atoms with Crippen LogP contribution in [0.4, 0.5) is 0 Å². The number of ether oxygens (including phenoxy) is 1. The summed E-state index contributed by atoms with van der Waals surface area (Å²) in [6.45, 7) is 8.48. The lowest BCUT2D eigenvalue weighted by atomic mass is 10.4. The molecular formula is C11H26N2O3S. The van der Waals surface area contributed by atoms with Gasteiger partial charge in [0.25, 0.3) is 0 Å². The van der Waals surface area contributed by atoms with E-state index >= 15 is 0 Å². The van der Waals surface area contributed by atoms with Crippen LogP contribution in [0.25, 0.3) is 0 Å². The lowest BCUT2D eigenvalue weighted by Gasteiger charge is -2.09. The van der Waals surface area contributed by atoms with Crippen molar-refractivity contribution in [2.45, 2.75) is 39.7 Å². The highest BCUT2D eigenvalue weighted by Gasteiger charge is 2.08. The Balaban J connectivity index is 3.52. The van der Waals surface area contributed by atoms with Crippen molar-refractivity contribution in [3.8, 4) is 0 Å². The minimum Gasteiger partial charge on any atom is -0.382 e. The van der Waals surface area contributed by atoms with Gasteiger partial charge in [-0.3, -0.25) is 0 Å². The van der Waals surface area contributed by atoms with Gasteiger partial charge in [0.1, 0.15) is 0 Å². The molecular weight excluding hydrogens is 240 g/mol. The molecule has 5 nitrogen and oxygen atoms in total. The first-order valence-corrected chi connectivity index (χ1v) is 7.91. The van der Waals surface area contributed by atoms with Gasteiger partial charge < -0.3 is 10.1 Å². The summed E-state index contributed by atoms with van der Waals surface area (Å²) < 4.78 is 30.8. The van der Waals surface area contributed by atoms with Gasteiger partial charge in [0.15, 0.2) is 0 Å². The van der Waals surface area contributed by atoms with E-state index in [1.54, 1.807) is 0 Å². The summed E-state index contributed by atoms with van der Waals surface area (Å²) in [5.74, 6) is 0.182. The van der Waals surface area contributed by atoms with Crippen LogP contribution in [0.1, 0.15) is 33.6 Å². The summed E-state index contributed by atoms with van der Waals surface area (Å²) in [6, 6.07) is 0.400. The Hall–Kier alpha value is -0.170. The Bertz CT molecular complexity index is 266. The number of hydrogen-bond acceptors (Lipinski definition) is 4. The van der Waals surface area contributed by atoms with Crippen molar-refractivity contribution in [3.63, 3.8) is 0 Å². The third-order valence-corrected chi connectivity index (χ3v) is 3.60. The van der Waals surface area contributed by atoms with Gasteiger partial charge in [-0.25, -0.2) is 13.1 Å². The van der Waals surface area contributed by atoms with Gasteiger partial charge in [0, 0.05) is 25.8 Å². The molecule has 2 N–H and O–H groups in total. The molecule has 0 aliphatic rings. The van der Waals surface area contributed by atoms with Gasteiger partial charge in [-0.2, -0.15) is 0 Å². The van der Waals surface area contributed by atoms with Gasteiger partial charge in [0.05, 0.1) is 5.75 Å². The van der Waals surface area contributed by atoms with Gasteiger partial charge in [0.2, 0.25) is 10.0 Å². The molecule has 0 spiro atoms. The van der Waals surface area contributed by atoms with E-state index in [1.165, 1.54) is 0 Å². The van der Waals surface area contributed by atoms with E-state index in [0.29, 0.717) is 32.2 Å². The molecule has 0 bridgehead atoms. The van der Waals surface area contributed by atoms with Crippen LogP contribution in [0.3, 0.4) is 0 Å². The van der Waals surface area contributed by atoms with Gasteiger partial charge in [-0.1, -0.05) is 13.8 Å². The van der Waals surface area contributed by atoms with Crippen LogP contribution in [-0.2, 0) is 14.8 Å². The molecule has 0 fully saturated rings. The van der Waals surface area contributed by atoms with Gasteiger partial charge in [-0.15, -0.1) is 0 Å². The smallest absolute Gasteiger partial charge is 0.211 e. The summed E-state index contributed by atoms with van der Waals surface area (Å²) >= 11 is 0. The Morgan fingerprint density at radius 1 is 1.18 bits per heavy atom. The Morgan fingerprint density at radius 3 is 2.47 bits per heavy atom. The highest BCUT2D eigenvalue weighted by molar-refractivity contribution is 7.89. The van der Waals surface area contributed by atoms with E-state index in [2.05, 4.69) is 10.0 Å². The van der Waals surface area contributed by atoms with Crippen molar-refractivity contribution < 1.29 is 13.2 Å². The van der Waals surface area contributed by atoms with Crippen molar-refractivity contribution in [1.29, 1.82) is 0 Å². The van der Waals surface area contributed by atoms with E-state index < -0.39 is 10.0 Å². The number of sulfonamides is 1. The Morgan fingerprint density at radius 2 is 1.88 bits per heavy atom. The molecule has 0 radical (unpaired) electrons. The second kappa shape index (κ2) is 9.82. The van der Waals surface area contributed by atoms with Crippen LogP contribution in [0, 0.1) is 0 Å². The zero-order chi connectivity index (χ0) is 13.1. The summed E-state index contributed by atoms with van der Waals surface area (Å²) in [5.41, 5.74) is 0. The minimum atomic E-state index is -3.11. The predicted molar refractivity (Wildman–Crippen MR) is 70.7 cm³/mol. The van der Waals surface area contributed by atoms with Crippen molar-refractivity contribution in [2.24, 2.45) is 0 Å². The van der Waals surface area contributed by atoms with E-state index in [9.17, 15) is 8.42 Å². The fraction of sp³-hybridized carbons (Fsp3) is 1.00. The molecule has 0 aromatic rings. The maximum Gasteiger partial charge on any atom is 0.211 e. The van der Waals surface area contributed by atoms with Crippen molar-refractivity contribution in [3.05, 3.63) is 0 Å². The van der Waals surface area contributed by atoms with Crippen LogP contribution < -0.4 is 10.0 Å². The standard InChI is InChI=1S/C11H26N2O3S/c1-4-16-9-5-8-13-17(14,15)10-6-7-12-11(2)3/h11-13H,4-10H2,1-3H3. The van der Waals surface area contributed by atoms with Crippen LogP contribution in [0.5, 0.6) is 0 Å². The minimum absolute atomic E-state index is 0.182. The molecule has 0 saturated heterocycles. The molecule has 0 unspecified atom stereocenters. The second-order valence-electron chi connectivity index (χ2n) is 4.23. The predicted octanol–water partition coefficient (Wildman–Crippen LogP) is 0.721. The lowest BCUT2D eigenvalue weighted by molar-refractivity contribution is 0.146. The molecule has 6 heteroatoms. The molecule has 0 atom stereocenters. The monoisotopic (exact) mass is 266 g/mol. The van der Waals surface area contributed by atoms with Gasteiger partial charge in [-0.05, 0) is 26.3 Å². The van der Waals surface area contributed by atoms with E-state index in [0.717, 1.165) is 13.0 Å². The van der Waals surface area contributed by atoms with Crippen LogP contribution in [-0.4, -0.2) is 46.5 Å². The SMILES string of the molecule is CCOCCCNS(=O)(=O)CCCNC(C)C. The van der Waals surface area contributed by atoms with Crippen LogP contribution in [0.15, 0.2) is 0 Å². The van der Waals surface area contributed by atoms with Crippen LogP contribution >= 0.6 is 0 Å². The van der Waals surface area contributed by atoms with Crippen LogP contribution in [0.2, 0.25) is 0 Å². The first-order chi connectivity index (χ1) is 7.98. The average molecular weight is 266 g/mol. The molecule has 0 saturated carbocycles. The van der Waals surface area contributed by atoms with Crippen molar-refractivity contribution in [1.82, 2.24) is 10.0 Å². The van der Waals surface area contributed by atoms with E-state index in [1.807, 2.05) is 20.8 Å². The van der Waals surface area contributed by atoms with Crippen molar-refractivity contribution >= 4 is 10.0 Å². The van der Waals surface area contributed by atoms with Gasteiger partial charge >= 0.3 is 0 Å². The molecule has 0 aliphatic carbocycles. The summed E-state index contributed by atoms with van der Waals surface area (Å²) in [7, 11) is -3.11. The van der Waals surface area contributed by atoms with Crippen molar-refractivity contribution in [2.75, 3.05) is 32.1 Å². The quantitative estimate of drug-likeness (QED) is 0.541. The Kier molecular flexibility index (Phi) is 9.72. The third-order valence-electron chi connectivity index (χ3n) is 2.13. The first-order valence-electron chi connectivity index (χ1n) is 6.26. The molecule has 0 heterocycles. The highest BCUT2D eigenvalue weighted by atomic mass is 32.2. The molecule has 17 heavy (non-hydrogen) atoms. The summed E-state index contributed by atoms with van der Waals surface area (Å²) in [6.07, 6.45) is 1.36. The summed E-state index contributed by atoms with van der Waals surface area (Å²) in [5, 5.41) is 3.19. The molecule has 0 aromatic carbocycles. The highest BCUT2D eigenvalue weighted by Crippen LogP contribution is 1.91. The molecule has 104 valence electrons. The molecule has 0 aromatic heterocycles. The molecule has 0 amide bonds. The lowest BCUT2D eigenvalue weighted by Crippen LogP contribution is -2.31. The Labute approximate surface area is 105 Å². The number of hydrogen-bond donors (Lipinski definition) is 2. The van der Waals surface area contributed by atoms with E-state index in [-0.39, 0.29) is 5.75 Å². The topological polar surface area (TPSA) is 67.4 Å². The zero-order valence-corrected chi connectivity index (χ0v) is 12.0. The molecule has 0 rings (SSSR count). The fourth-order valence-electron chi connectivity index (χ4n) is 1.27. The maximum atomic E-state index is 11.5.